The Balaban J connectivity index is 1.57. The Morgan fingerprint density at radius 3 is 2.72 bits per heavy atom. The third-order valence-electron chi connectivity index (χ3n) is 3.80. The minimum Gasteiger partial charge on any atom is -0.347 e. The first-order valence-corrected chi connectivity index (χ1v) is 7.67. The maximum Gasteiger partial charge on any atom is 0.249 e. The van der Waals surface area contributed by atoms with Gasteiger partial charge in [0.2, 0.25) is 5.91 Å². The molecule has 1 unspecified atom stereocenters. The van der Waals surface area contributed by atoms with Crippen molar-refractivity contribution in [3.63, 3.8) is 0 Å². The molecule has 4 aromatic rings. The van der Waals surface area contributed by atoms with Gasteiger partial charge in [-0.05, 0) is 28.1 Å². The molecule has 0 fully saturated rings. The maximum absolute atomic E-state index is 12.8. The number of fused-ring (bicyclic) bond motifs is 1. The highest BCUT2D eigenvalue weighted by Gasteiger charge is 2.24. The average Bonchev–Trinajstić information content (AvgIpc) is 3.31. The number of aromatic nitrogens is 7. The van der Waals surface area contributed by atoms with E-state index in [9.17, 15) is 4.79 Å². The molecule has 1 N–H and O–H groups in total. The van der Waals surface area contributed by atoms with Gasteiger partial charge in [0, 0.05) is 6.20 Å². The number of rotatable bonds is 5. The SMILES string of the molecule is O=C(NCc1nnc2ccccn12)C(c1ccccc1)n1cnnn1. The predicted octanol–water partition coefficient (Wildman–Crippen LogP) is 0.622. The van der Waals surface area contributed by atoms with Gasteiger partial charge in [0.15, 0.2) is 17.5 Å². The maximum atomic E-state index is 12.8. The second kappa shape index (κ2) is 6.48. The topological polar surface area (TPSA) is 103 Å². The zero-order chi connectivity index (χ0) is 17.1. The molecule has 9 heteroatoms. The van der Waals surface area contributed by atoms with Crippen molar-refractivity contribution in [2.24, 2.45) is 0 Å². The molecule has 9 nitrogen and oxygen atoms in total. The van der Waals surface area contributed by atoms with Gasteiger partial charge in [0.1, 0.15) is 6.33 Å². The monoisotopic (exact) mass is 334 g/mol. The fourth-order valence-corrected chi connectivity index (χ4v) is 2.62. The van der Waals surface area contributed by atoms with Gasteiger partial charge < -0.3 is 5.32 Å². The van der Waals surface area contributed by atoms with Crippen molar-refractivity contribution in [3.8, 4) is 0 Å². The molecule has 1 aromatic carbocycles. The minimum atomic E-state index is -0.657. The van der Waals surface area contributed by atoms with Gasteiger partial charge in [-0.15, -0.1) is 15.3 Å². The lowest BCUT2D eigenvalue weighted by Gasteiger charge is -2.16. The summed E-state index contributed by atoms with van der Waals surface area (Å²) in [4.78, 5) is 12.8. The van der Waals surface area contributed by atoms with E-state index >= 15 is 0 Å². The fraction of sp³-hybridized carbons (Fsp3) is 0.125. The molecular formula is C16H14N8O. The lowest BCUT2D eigenvalue weighted by atomic mass is 10.1. The molecule has 0 radical (unpaired) electrons. The van der Waals surface area contributed by atoms with E-state index in [1.807, 2.05) is 59.1 Å². The number of hydrogen-bond acceptors (Lipinski definition) is 6. The Hall–Kier alpha value is -3.62. The number of amides is 1. The highest BCUT2D eigenvalue weighted by molar-refractivity contribution is 5.83. The summed E-state index contributed by atoms with van der Waals surface area (Å²) in [6.45, 7) is 0.246. The molecule has 0 aliphatic heterocycles. The number of benzene rings is 1. The largest absolute Gasteiger partial charge is 0.347 e. The van der Waals surface area contributed by atoms with Crippen LogP contribution in [0.1, 0.15) is 17.4 Å². The highest BCUT2D eigenvalue weighted by atomic mass is 16.2. The molecule has 0 saturated carbocycles. The Kier molecular flexibility index (Phi) is 3.87. The highest BCUT2D eigenvalue weighted by Crippen LogP contribution is 2.17. The molecule has 0 aliphatic rings. The van der Waals surface area contributed by atoms with Crippen LogP contribution in [-0.4, -0.2) is 40.7 Å². The van der Waals surface area contributed by atoms with Crippen molar-refractivity contribution in [2.45, 2.75) is 12.6 Å². The second-order valence-corrected chi connectivity index (χ2v) is 5.37. The van der Waals surface area contributed by atoms with Crippen molar-refractivity contribution in [3.05, 3.63) is 72.4 Å². The Morgan fingerprint density at radius 2 is 1.92 bits per heavy atom. The molecule has 0 saturated heterocycles. The van der Waals surface area contributed by atoms with Crippen LogP contribution in [0, 0.1) is 0 Å². The van der Waals surface area contributed by atoms with Crippen molar-refractivity contribution >= 4 is 11.6 Å². The summed E-state index contributed by atoms with van der Waals surface area (Å²) in [5.74, 6) is 0.415. The summed E-state index contributed by atoms with van der Waals surface area (Å²) in [7, 11) is 0. The van der Waals surface area contributed by atoms with E-state index < -0.39 is 6.04 Å². The smallest absolute Gasteiger partial charge is 0.249 e. The molecule has 124 valence electrons. The van der Waals surface area contributed by atoms with Crippen LogP contribution in [0.5, 0.6) is 0 Å². The van der Waals surface area contributed by atoms with Crippen molar-refractivity contribution < 1.29 is 4.79 Å². The van der Waals surface area contributed by atoms with E-state index in [0.717, 1.165) is 11.2 Å². The standard InChI is InChI=1S/C16H14N8O/c25-16(17-10-14-20-19-13-8-4-5-9-23(13)14)15(24-11-18-21-22-24)12-6-2-1-3-7-12/h1-9,11,15H,10H2,(H,17,25). The minimum absolute atomic E-state index is 0.230. The van der Waals surface area contributed by atoms with Crippen molar-refractivity contribution in [1.29, 1.82) is 0 Å². The summed E-state index contributed by atoms with van der Waals surface area (Å²) in [6.07, 6.45) is 3.27. The quantitative estimate of drug-likeness (QED) is 0.574. The van der Waals surface area contributed by atoms with Gasteiger partial charge in [0.05, 0.1) is 6.54 Å². The van der Waals surface area contributed by atoms with Crippen molar-refractivity contribution in [2.75, 3.05) is 0 Å². The Morgan fingerprint density at radius 1 is 1.08 bits per heavy atom. The molecule has 4 rings (SSSR count). The number of pyridine rings is 1. The first kappa shape index (κ1) is 14.9. The summed E-state index contributed by atoms with van der Waals surface area (Å²) in [6, 6.07) is 14.3. The summed E-state index contributed by atoms with van der Waals surface area (Å²) >= 11 is 0. The van der Waals surface area contributed by atoms with Crippen LogP contribution in [-0.2, 0) is 11.3 Å². The number of carbonyl (C=O) groups excluding carboxylic acids is 1. The molecule has 1 atom stereocenters. The number of tetrazole rings is 1. The first-order valence-electron chi connectivity index (χ1n) is 7.67. The number of hydrogen-bond donors (Lipinski definition) is 1. The van der Waals surface area contributed by atoms with Gasteiger partial charge in [0.25, 0.3) is 0 Å². The molecule has 25 heavy (non-hydrogen) atoms. The Labute approximate surface area is 142 Å². The van der Waals surface area contributed by atoms with E-state index in [1.54, 1.807) is 0 Å². The zero-order valence-electron chi connectivity index (χ0n) is 13.1. The molecule has 0 bridgehead atoms. The van der Waals surface area contributed by atoms with Gasteiger partial charge in [-0.2, -0.15) is 0 Å². The molecule has 3 heterocycles. The lowest BCUT2D eigenvalue weighted by molar-refractivity contribution is -0.123. The summed E-state index contributed by atoms with van der Waals surface area (Å²) in [5, 5.41) is 22.2. The van der Waals surface area contributed by atoms with Crippen LogP contribution in [0.4, 0.5) is 0 Å². The van der Waals surface area contributed by atoms with E-state index in [2.05, 4.69) is 31.0 Å². The van der Waals surface area contributed by atoms with E-state index in [1.165, 1.54) is 11.0 Å². The summed E-state index contributed by atoms with van der Waals surface area (Å²) < 4.78 is 3.25. The summed E-state index contributed by atoms with van der Waals surface area (Å²) in [5.41, 5.74) is 1.52. The molecule has 1 amide bonds. The molecule has 3 aromatic heterocycles. The third kappa shape index (κ3) is 2.94. The van der Waals surface area contributed by atoms with Crippen LogP contribution < -0.4 is 5.32 Å². The van der Waals surface area contributed by atoms with Gasteiger partial charge in [-0.1, -0.05) is 36.4 Å². The van der Waals surface area contributed by atoms with E-state index in [0.29, 0.717) is 5.82 Å². The molecule has 0 spiro atoms. The number of nitrogens with zero attached hydrogens (tertiary/aromatic N) is 7. The number of nitrogens with one attached hydrogen (secondary N) is 1. The van der Waals surface area contributed by atoms with Crippen LogP contribution in [0.3, 0.4) is 0 Å². The van der Waals surface area contributed by atoms with Crippen molar-refractivity contribution in [1.82, 2.24) is 40.1 Å². The molecular weight excluding hydrogens is 320 g/mol. The van der Waals surface area contributed by atoms with Crippen LogP contribution >= 0.6 is 0 Å². The predicted molar refractivity (Wildman–Crippen MR) is 87.2 cm³/mol. The second-order valence-electron chi connectivity index (χ2n) is 5.37. The first-order chi connectivity index (χ1) is 12.3. The fourth-order valence-electron chi connectivity index (χ4n) is 2.62. The van der Waals surface area contributed by atoms with E-state index in [-0.39, 0.29) is 12.5 Å². The molecule has 0 aliphatic carbocycles. The normalized spacial score (nSPS) is 12.2. The van der Waals surface area contributed by atoms with E-state index in [4.69, 9.17) is 0 Å². The Bertz CT molecular complexity index is 980. The van der Waals surface area contributed by atoms with Gasteiger partial charge in [-0.25, -0.2) is 4.68 Å². The van der Waals surface area contributed by atoms with Crippen LogP contribution in [0.25, 0.3) is 5.65 Å². The van der Waals surface area contributed by atoms with Gasteiger partial charge >= 0.3 is 0 Å². The van der Waals surface area contributed by atoms with Crippen LogP contribution in [0.2, 0.25) is 0 Å². The third-order valence-corrected chi connectivity index (χ3v) is 3.80. The van der Waals surface area contributed by atoms with Crippen LogP contribution in [0.15, 0.2) is 61.1 Å². The number of carbonyl (C=O) groups is 1. The average molecular weight is 334 g/mol. The lowest BCUT2D eigenvalue weighted by Crippen LogP contribution is -2.33. The van der Waals surface area contributed by atoms with Gasteiger partial charge in [-0.3, -0.25) is 9.20 Å². The zero-order valence-corrected chi connectivity index (χ0v) is 13.1.